The van der Waals surface area contributed by atoms with E-state index in [-0.39, 0.29) is 18.1 Å². The zero-order chi connectivity index (χ0) is 20.4. The van der Waals surface area contributed by atoms with Crippen LogP contribution < -0.4 is 5.32 Å². The zero-order valence-electron chi connectivity index (χ0n) is 16.6. The minimum atomic E-state index is 0.0588. The second kappa shape index (κ2) is 8.39. The molecule has 1 aromatic heterocycles. The van der Waals surface area contributed by atoms with Gasteiger partial charge in [0.1, 0.15) is 0 Å². The molecule has 2 heterocycles. The van der Waals surface area contributed by atoms with Gasteiger partial charge in [0.25, 0.3) is 5.91 Å². The molecule has 1 aliphatic rings. The number of ether oxygens (including phenoxy) is 1. The molecule has 1 fully saturated rings. The molecule has 6 heteroatoms. The lowest BCUT2D eigenvalue weighted by molar-refractivity contribution is -0.0586. The number of hydrogen-bond donors (Lipinski definition) is 1. The Hall–Kier alpha value is -2.63. The summed E-state index contributed by atoms with van der Waals surface area (Å²) in [5, 5.41) is 5.15. The molecule has 0 radical (unpaired) electrons. The van der Waals surface area contributed by atoms with E-state index < -0.39 is 0 Å². The van der Waals surface area contributed by atoms with E-state index in [1.54, 1.807) is 6.20 Å². The quantitative estimate of drug-likeness (QED) is 0.675. The topological polar surface area (TPSA) is 54.5 Å². The van der Waals surface area contributed by atoms with Crippen molar-refractivity contribution in [3.8, 4) is 0 Å². The Morgan fingerprint density at radius 1 is 1.14 bits per heavy atom. The van der Waals surface area contributed by atoms with Crippen LogP contribution in [0.4, 0.5) is 5.69 Å². The van der Waals surface area contributed by atoms with Gasteiger partial charge in [-0.1, -0.05) is 23.7 Å². The number of nitrogens with one attached hydrogen (secondary N) is 1. The van der Waals surface area contributed by atoms with Gasteiger partial charge in [0.05, 0.1) is 17.7 Å². The molecule has 2 aromatic carbocycles. The lowest BCUT2D eigenvalue weighted by atomic mass is 10.1. The van der Waals surface area contributed by atoms with Crippen LogP contribution in [0, 0.1) is 0 Å². The molecule has 150 valence electrons. The molecule has 3 aromatic rings. The SMILES string of the molecule is CC1CN(C(=O)c2ccc(CNc3ccnc4cc(Cl)ccc34)cc2)CC(C)O1. The van der Waals surface area contributed by atoms with Gasteiger partial charge in [-0.05, 0) is 55.8 Å². The molecule has 0 spiro atoms. The van der Waals surface area contributed by atoms with E-state index in [9.17, 15) is 4.79 Å². The number of anilines is 1. The highest BCUT2D eigenvalue weighted by atomic mass is 35.5. The average Bonchev–Trinajstić information content (AvgIpc) is 2.71. The first-order valence-corrected chi connectivity index (χ1v) is 10.2. The molecule has 1 aliphatic heterocycles. The Balaban J connectivity index is 1.43. The Morgan fingerprint density at radius 2 is 1.86 bits per heavy atom. The number of benzene rings is 2. The Labute approximate surface area is 175 Å². The molecule has 0 aliphatic carbocycles. The lowest BCUT2D eigenvalue weighted by Gasteiger charge is -2.35. The number of pyridine rings is 1. The van der Waals surface area contributed by atoms with Crippen LogP contribution in [0.25, 0.3) is 10.9 Å². The first kappa shape index (κ1) is 19.7. The molecular formula is C23H24ClN3O2. The minimum Gasteiger partial charge on any atom is -0.380 e. The van der Waals surface area contributed by atoms with Crippen LogP contribution in [0.15, 0.2) is 54.7 Å². The second-order valence-corrected chi connectivity index (χ2v) is 7.97. The van der Waals surface area contributed by atoms with E-state index in [0.29, 0.717) is 30.2 Å². The van der Waals surface area contributed by atoms with Crippen molar-refractivity contribution in [2.45, 2.75) is 32.6 Å². The molecule has 29 heavy (non-hydrogen) atoms. The summed E-state index contributed by atoms with van der Waals surface area (Å²) in [4.78, 5) is 19.0. The summed E-state index contributed by atoms with van der Waals surface area (Å²) in [5.41, 5.74) is 3.67. The van der Waals surface area contributed by atoms with Crippen molar-refractivity contribution >= 4 is 34.1 Å². The summed E-state index contributed by atoms with van der Waals surface area (Å²) >= 11 is 6.06. The number of amides is 1. The molecule has 1 saturated heterocycles. The number of carbonyl (C=O) groups is 1. The van der Waals surface area contributed by atoms with Gasteiger partial charge in [-0.15, -0.1) is 0 Å². The predicted octanol–water partition coefficient (Wildman–Crippen LogP) is 4.75. The van der Waals surface area contributed by atoms with Crippen LogP contribution in [-0.2, 0) is 11.3 Å². The molecule has 4 rings (SSSR count). The summed E-state index contributed by atoms with van der Waals surface area (Å²) in [6.45, 7) is 5.92. The minimum absolute atomic E-state index is 0.0588. The van der Waals surface area contributed by atoms with Crippen molar-refractivity contribution in [1.29, 1.82) is 0 Å². The molecule has 2 unspecified atom stereocenters. The van der Waals surface area contributed by atoms with E-state index in [2.05, 4.69) is 10.3 Å². The number of halogens is 1. The Bertz CT molecular complexity index is 1010. The van der Waals surface area contributed by atoms with E-state index in [0.717, 1.165) is 22.2 Å². The number of aromatic nitrogens is 1. The number of carbonyl (C=O) groups excluding carboxylic acids is 1. The van der Waals surface area contributed by atoms with E-state index >= 15 is 0 Å². The Morgan fingerprint density at radius 3 is 2.59 bits per heavy atom. The first-order chi connectivity index (χ1) is 14.0. The van der Waals surface area contributed by atoms with Gasteiger partial charge in [0.15, 0.2) is 0 Å². The van der Waals surface area contributed by atoms with Gasteiger partial charge in [-0.2, -0.15) is 0 Å². The highest BCUT2D eigenvalue weighted by molar-refractivity contribution is 6.31. The summed E-state index contributed by atoms with van der Waals surface area (Å²) in [7, 11) is 0. The van der Waals surface area contributed by atoms with Crippen LogP contribution in [0.1, 0.15) is 29.8 Å². The molecular weight excluding hydrogens is 386 g/mol. The normalized spacial score (nSPS) is 19.3. The van der Waals surface area contributed by atoms with Crippen LogP contribution in [-0.4, -0.2) is 41.1 Å². The van der Waals surface area contributed by atoms with Gasteiger partial charge >= 0.3 is 0 Å². The predicted molar refractivity (Wildman–Crippen MR) is 116 cm³/mol. The third kappa shape index (κ3) is 4.52. The van der Waals surface area contributed by atoms with E-state index in [1.807, 2.05) is 67.3 Å². The molecule has 5 nitrogen and oxygen atoms in total. The average molecular weight is 410 g/mol. The maximum atomic E-state index is 12.8. The molecule has 2 atom stereocenters. The van der Waals surface area contributed by atoms with Crippen molar-refractivity contribution in [1.82, 2.24) is 9.88 Å². The highest BCUT2D eigenvalue weighted by Crippen LogP contribution is 2.25. The molecule has 1 amide bonds. The lowest BCUT2D eigenvalue weighted by Crippen LogP contribution is -2.48. The van der Waals surface area contributed by atoms with Crippen molar-refractivity contribution in [2.24, 2.45) is 0 Å². The summed E-state index contributed by atoms with van der Waals surface area (Å²) < 4.78 is 5.72. The number of morpholine rings is 1. The fraction of sp³-hybridized carbons (Fsp3) is 0.304. The van der Waals surface area contributed by atoms with Gasteiger partial charge in [0, 0.05) is 47.5 Å². The third-order valence-electron chi connectivity index (χ3n) is 5.10. The maximum Gasteiger partial charge on any atom is 0.254 e. The van der Waals surface area contributed by atoms with Crippen molar-refractivity contribution in [3.63, 3.8) is 0 Å². The van der Waals surface area contributed by atoms with Crippen LogP contribution in [0.5, 0.6) is 0 Å². The first-order valence-electron chi connectivity index (χ1n) is 9.81. The summed E-state index contributed by atoms with van der Waals surface area (Å²) in [5.74, 6) is 0.0588. The van der Waals surface area contributed by atoms with E-state index in [4.69, 9.17) is 16.3 Å². The van der Waals surface area contributed by atoms with Crippen LogP contribution >= 0.6 is 11.6 Å². The van der Waals surface area contributed by atoms with E-state index in [1.165, 1.54) is 0 Å². The fourth-order valence-electron chi connectivity index (χ4n) is 3.76. The molecule has 0 saturated carbocycles. The van der Waals surface area contributed by atoms with Crippen LogP contribution in [0.3, 0.4) is 0 Å². The van der Waals surface area contributed by atoms with Gasteiger partial charge in [-0.25, -0.2) is 0 Å². The number of hydrogen-bond acceptors (Lipinski definition) is 4. The summed E-state index contributed by atoms with van der Waals surface area (Å²) in [6.07, 6.45) is 1.90. The van der Waals surface area contributed by atoms with Gasteiger partial charge in [-0.3, -0.25) is 9.78 Å². The monoisotopic (exact) mass is 409 g/mol. The number of nitrogens with zero attached hydrogens (tertiary/aromatic N) is 2. The Kier molecular flexibility index (Phi) is 5.69. The van der Waals surface area contributed by atoms with Crippen molar-refractivity contribution in [2.75, 3.05) is 18.4 Å². The highest BCUT2D eigenvalue weighted by Gasteiger charge is 2.26. The zero-order valence-corrected chi connectivity index (χ0v) is 17.3. The second-order valence-electron chi connectivity index (χ2n) is 7.54. The number of fused-ring (bicyclic) bond motifs is 1. The fourth-order valence-corrected chi connectivity index (χ4v) is 3.93. The van der Waals surface area contributed by atoms with Gasteiger partial charge < -0.3 is 15.0 Å². The number of rotatable bonds is 4. The molecule has 1 N–H and O–H groups in total. The van der Waals surface area contributed by atoms with Crippen molar-refractivity contribution < 1.29 is 9.53 Å². The smallest absolute Gasteiger partial charge is 0.254 e. The largest absolute Gasteiger partial charge is 0.380 e. The van der Waals surface area contributed by atoms with Crippen LogP contribution in [0.2, 0.25) is 5.02 Å². The summed E-state index contributed by atoms with van der Waals surface area (Å²) in [6, 6.07) is 15.4. The van der Waals surface area contributed by atoms with Crippen molar-refractivity contribution in [3.05, 3.63) is 70.9 Å². The third-order valence-corrected chi connectivity index (χ3v) is 5.33. The van der Waals surface area contributed by atoms with Gasteiger partial charge in [0.2, 0.25) is 0 Å². The standard InChI is InChI=1S/C23H24ClN3O2/c1-15-13-27(14-16(2)29-15)23(28)18-5-3-17(4-6-18)12-26-21-9-10-25-22-11-19(24)7-8-20(21)22/h3-11,15-16H,12-14H2,1-2H3,(H,25,26). The molecule has 0 bridgehead atoms. The maximum absolute atomic E-state index is 12.8.